The molecule has 1 fully saturated rings. The third-order valence-electron chi connectivity index (χ3n) is 5.92. The maximum absolute atomic E-state index is 13.4. The maximum Gasteiger partial charge on any atom is 0.337 e. The van der Waals surface area contributed by atoms with Gasteiger partial charge < -0.3 is 38.7 Å². The number of carboxylic acids is 1. The molecule has 0 bridgehead atoms. The second-order valence-electron chi connectivity index (χ2n) is 8.98. The molecule has 1 rings (SSSR count). The lowest BCUT2D eigenvalue weighted by atomic mass is 9.87. The van der Waals surface area contributed by atoms with Crippen molar-refractivity contribution in [3.63, 3.8) is 0 Å². The summed E-state index contributed by atoms with van der Waals surface area (Å²) in [5.41, 5.74) is 19.6. The van der Waals surface area contributed by atoms with Crippen LogP contribution in [0.3, 0.4) is 0 Å². The van der Waals surface area contributed by atoms with Gasteiger partial charge in [0.05, 0.1) is 18.1 Å². The average molecular weight is 514 g/mol. The summed E-state index contributed by atoms with van der Waals surface area (Å²) in [5, 5.41) is 14.5. The van der Waals surface area contributed by atoms with E-state index in [-0.39, 0.29) is 37.0 Å². The molecule has 0 aromatic heterocycles. The van der Waals surface area contributed by atoms with Crippen molar-refractivity contribution in [1.29, 1.82) is 0 Å². The van der Waals surface area contributed by atoms with E-state index < -0.39 is 77.0 Å². The van der Waals surface area contributed by atoms with E-state index in [4.69, 9.17) is 22.9 Å². The van der Waals surface area contributed by atoms with Crippen molar-refractivity contribution in [1.82, 2.24) is 15.5 Å². The van der Waals surface area contributed by atoms with Gasteiger partial charge in [-0.2, -0.15) is 0 Å². The standard InChI is InChI=1S/C21H35N7O8/c1-9(22)16(31)27-13(7-8-14(25)29)17(32)26-10(2)18(33)28-19(34)12(24)6-4-5-11(23)15(30)21(28,3)20(35)36/h9-13H,4-8,22-24H2,1-3H3,(H2,25,29)(H,26,32)(H,27,31)(H,35,36)/t9-,10+,11-,12+,13+,21-/m0/s1. The zero-order valence-electron chi connectivity index (χ0n) is 20.5. The van der Waals surface area contributed by atoms with E-state index in [1.807, 2.05) is 0 Å². The Bertz CT molecular complexity index is 924. The molecule has 15 nitrogen and oxygen atoms in total. The topological polar surface area (TPSA) is 271 Å². The number of carbonyl (C=O) groups excluding carboxylic acids is 6. The highest BCUT2D eigenvalue weighted by molar-refractivity contribution is 6.17. The minimum absolute atomic E-state index is 0.0402. The predicted molar refractivity (Wildman–Crippen MR) is 124 cm³/mol. The van der Waals surface area contributed by atoms with Gasteiger partial charge in [-0.1, -0.05) is 0 Å². The fourth-order valence-electron chi connectivity index (χ4n) is 3.63. The Morgan fingerprint density at radius 1 is 1.06 bits per heavy atom. The van der Waals surface area contributed by atoms with E-state index in [9.17, 15) is 38.7 Å². The number of Topliss-reactive ketones (excluding diaryl/α,β-unsaturated/α-hetero) is 1. The first-order valence-corrected chi connectivity index (χ1v) is 11.4. The molecule has 36 heavy (non-hydrogen) atoms. The monoisotopic (exact) mass is 513 g/mol. The Balaban J connectivity index is 3.33. The summed E-state index contributed by atoms with van der Waals surface area (Å²) in [4.78, 5) is 87.9. The number of carboxylic acid groups (broad SMARTS) is 1. The number of carbonyl (C=O) groups is 7. The fourth-order valence-corrected chi connectivity index (χ4v) is 3.63. The summed E-state index contributed by atoms with van der Waals surface area (Å²) >= 11 is 0. The van der Waals surface area contributed by atoms with Gasteiger partial charge in [0, 0.05) is 6.42 Å². The first-order valence-electron chi connectivity index (χ1n) is 11.4. The maximum atomic E-state index is 13.4. The van der Waals surface area contributed by atoms with E-state index in [1.165, 1.54) is 6.92 Å². The number of primary amides is 1. The highest BCUT2D eigenvalue weighted by Crippen LogP contribution is 2.25. The van der Waals surface area contributed by atoms with Crippen LogP contribution in [-0.4, -0.2) is 87.0 Å². The van der Waals surface area contributed by atoms with Gasteiger partial charge in [0.2, 0.25) is 29.2 Å². The molecule has 0 spiro atoms. The number of aliphatic carboxylic acids is 1. The van der Waals surface area contributed by atoms with Crippen LogP contribution in [0.4, 0.5) is 0 Å². The molecule has 1 saturated heterocycles. The van der Waals surface area contributed by atoms with E-state index in [1.54, 1.807) is 0 Å². The van der Waals surface area contributed by atoms with Gasteiger partial charge in [0.25, 0.3) is 5.91 Å². The quantitative estimate of drug-likeness (QED) is 0.147. The molecule has 11 N–H and O–H groups in total. The zero-order valence-corrected chi connectivity index (χ0v) is 20.5. The molecule has 0 radical (unpaired) electrons. The van der Waals surface area contributed by atoms with Crippen LogP contribution < -0.4 is 33.6 Å². The molecule has 0 aromatic carbocycles. The van der Waals surface area contributed by atoms with Gasteiger partial charge in [0.1, 0.15) is 12.1 Å². The summed E-state index contributed by atoms with van der Waals surface area (Å²) in [7, 11) is 0. The Morgan fingerprint density at radius 3 is 2.11 bits per heavy atom. The van der Waals surface area contributed by atoms with Crippen LogP contribution in [0.15, 0.2) is 0 Å². The van der Waals surface area contributed by atoms with Crippen LogP contribution in [0.25, 0.3) is 0 Å². The summed E-state index contributed by atoms with van der Waals surface area (Å²) in [6.07, 6.45) is -0.183. The predicted octanol–water partition coefficient (Wildman–Crippen LogP) is -3.81. The smallest absolute Gasteiger partial charge is 0.337 e. The molecule has 0 aromatic rings. The number of rotatable bonds is 9. The van der Waals surface area contributed by atoms with E-state index in [0.29, 0.717) is 0 Å². The Morgan fingerprint density at radius 2 is 1.61 bits per heavy atom. The van der Waals surface area contributed by atoms with Crippen molar-refractivity contribution in [2.45, 2.75) is 88.6 Å². The molecule has 1 heterocycles. The highest BCUT2D eigenvalue weighted by atomic mass is 16.4. The molecule has 15 heteroatoms. The van der Waals surface area contributed by atoms with Gasteiger partial charge in [-0.3, -0.25) is 33.7 Å². The van der Waals surface area contributed by atoms with Crippen molar-refractivity contribution in [2.75, 3.05) is 0 Å². The third kappa shape index (κ3) is 7.05. The normalized spacial score (nSPS) is 25.4. The molecule has 1 aliphatic rings. The fraction of sp³-hybridized carbons (Fsp3) is 0.667. The summed E-state index contributed by atoms with van der Waals surface area (Å²) < 4.78 is 0. The molecule has 5 amide bonds. The van der Waals surface area contributed by atoms with E-state index in [2.05, 4.69) is 10.6 Å². The second-order valence-corrected chi connectivity index (χ2v) is 8.98. The first-order chi connectivity index (χ1) is 16.5. The number of hydrogen-bond donors (Lipinski definition) is 7. The summed E-state index contributed by atoms with van der Waals surface area (Å²) in [5.74, 6) is -7.65. The van der Waals surface area contributed by atoms with Crippen molar-refractivity contribution in [3.8, 4) is 0 Å². The second kappa shape index (κ2) is 12.5. The largest absolute Gasteiger partial charge is 0.479 e. The SMILES string of the molecule is C[C@H](N)C(=O)N[C@H](CCC(N)=O)C(=O)N[C@H](C)C(=O)N1C(=O)[C@H](N)CCC[C@H](N)C(=O)[C@@]1(C)C(=O)O. The highest BCUT2D eigenvalue weighted by Gasteiger charge is 2.55. The average Bonchev–Trinajstić information content (AvgIpc) is 2.81. The Kier molecular flexibility index (Phi) is 10.6. The minimum Gasteiger partial charge on any atom is -0.479 e. The van der Waals surface area contributed by atoms with Gasteiger partial charge in [-0.25, -0.2) is 4.79 Å². The molecule has 6 atom stereocenters. The number of amides is 5. The molecular weight excluding hydrogens is 478 g/mol. The van der Waals surface area contributed by atoms with Crippen LogP contribution in [0, 0.1) is 0 Å². The molecule has 202 valence electrons. The van der Waals surface area contributed by atoms with E-state index >= 15 is 0 Å². The molecular formula is C21H35N7O8. The lowest BCUT2D eigenvalue weighted by Gasteiger charge is -2.38. The van der Waals surface area contributed by atoms with Crippen LogP contribution in [-0.2, 0) is 33.6 Å². The lowest BCUT2D eigenvalue weighted by Crippen LogP contribution is -2.69. The zero-order chi connectivity index (χ0) is 28.0. The third-order valence-corrected chi connectivity index (χ3v) is 5.92. The number of nitrogens with one attached hydrogen (secondary N) is 2. The lowest BCUT2D eigenvalue weighted by molar-refractivity contribution is -0.171. The van der Waals surface area contributed by atoms with Crippen LogP contribution in [0.1, 0.15) is 52.9 Å². The summed E-state index contributed by atoms with van der Waals surface area (Å²) in [6.45, 7) is 3.38. The van der Waals surface area contributed by atoms with Gasteiger partial charge in [0.15, 0.2) is 5.78 Å². The van der Waals surface area contributed by atoms with Crippen molar-refractivity contribution in [2.24, 2.45) is 22.9 Å². The van der Waals surface area contributed by atoms with Crippen LogP contribution in [0.5, 0.6) is 0 Å². The van der Waals surface area contributed by atoms with Crippen molar-refractivity contribution < 1.29 is 38.7 Å². The molecule has 0 saturated carbocycles. The number of hydrogen-bond acceptors (Lipinski definition) is 10. The minimum atomic E-state index is -2.69. The number of nitrogens with two attached hydrogens (primary N) is 4. The van der Waals surface area contributed by atoms with Gasteiger partial charge in [-0.15, -0.1) is 0 Å². The van der Waals surface area contributed by atoms with Crippen LogP contribution >= 0.6 is 0 Å². The Hall–Kier alpha value is -3.43. The molecule has 0 aliphatic carbocycles. The number of nitrogens with zero attached hydrogens (tertiary/aromatic N) is 1. The van der Waals surface area contributed by atoms with Gasteiger partial charge >= 0.3 is 5.97 Å². The van der Waals surface area contributed by atoms with E-state index in [0.717, 1.165) is 13.8 Å². The Labute approximate surface area is 207 Å². The van der Waals surface area contributed by atoms with Crippen molar-refractivity contribution in [3.05, 3.63) is 0 Å². The van der Waals surface area contributed by atoms with Gasteiger partial charge in [-0.05, 0) is 46.5 Å². The van der Waals surface area contributed by atoms with Crippen molar-refractivity contribution >= 4 is 41.3 Å². The molecule has 1 aliphatic heterocycles. The first kappa shape index (κ1) is 30.6. The van der Waals surface area contributed by atoms with Crippen LogP contribution in [0.2, 0.25) is 0 Å². The molecule has 0 unspecified atom stereocenters. The summed E-state index contributed by atoms with van der Waals surface area (Å²) in [6, 6.07) is -6.47. The number of ketones is 1. The number of imide groups is 1.